The zero-order valence-corrected chi connectivity index (χ0v) is 17.9. The molecule has 11 heteroatoms. The molecule has 1 unspecified atom stereocenters. The summed E-state index contributed by atoms with van der Waals surface area (Å²) in [7, 11) is 0. The molecule has 1 saturated heterocycles. The lowest BCUT2D eigenvalue weighted by molar-refractivity contribution is -0.117. The van der Waals surface area contributed by atoms with Crippen LogP contribution in [0, 0.1) is 0 Å². The summed E-state index contributed by atoms with van der Waals surface area (Å²) in [6.45, 7) is 3.80. The van der Waals surface area contributed by atoms with E-state index in [9.17, 15) is 19.2 Å². The molecule has 0 saturated carbocycles. The number of carbonyl (C=O) groups excluding carboxylic acids is 4. The molecule has 4 rings (SSSR count). The van der Waals surface area contributed by atoms with Crippen molar-refractivity contribution in [2.45, 2.75) is 38.8 Å². The van der Waals surface area contributed by atoms with Gasteiger partial charge in [0.05, 0.1) is 17.9 Å². The highest BCUT2D eigenvalue weighted by molar-refractivity contribution is 7.10. The van der Waals surface area contributed by atoms with Gasteiger partial charge < -0.3 is 15.0 Å². The number of rotatable bonds is 6. The highest BCUT2D eigenvalue weighted by Gasteiger charge is 2.52. The molecule has 0 spiro atoms. The molecule has 0 bridgehead atoms. The number of anilines is 2. The zero-order chi connectivity index (χ0) is 22.2. The largest absolute Gasteiger partial charge is 0.461 e. The van der Waals surface area contributed by atoms with Crippen molar-refractivity contribution in [2.75, 3.05) is 23.4 Å². The van der Waals surface area contributed by atoms with Crippen LogP contribution in [0.15, 0.2) is 24.3 Å². The summed E-state index contributed by atoms with van der Waals surface area (Å²) < 4.78 is 8.60. The van der Waals surface area contributed by atoms with Crippen molar-refractivity contribution in [1.82, 2.24) is 14.5 Å². The number of amides is 3. The van der Waals surface area contributed by atoms with Crippen molar-refractivity contribution in [1.29, 1.82) is 0 Å². The third-order valence-corrected chi connectivity index (χ3v) is 6.16. The Morgan fingerprint density at radius 1 is 1.29 bits per heavy atom. The van der Waals surface area contributed by atoms with Crippen molar-refractivity contribution < 1.29 is 23.9 Å². The molecule has 2 aliphatic rings. The van der Waals surface area contributed by atoms with E-state index < -0.39 is 17.5 Å². The maximum absolute atomic E-state index is 13.2. The van der Waals surface area contributed by atoms with Crippen molar-refractivity contribution in [2.24, 2.45) is 0 Å². The molecular weight excluding hydrogens is 422 g/mol. The standard InChI is InChI=1S/C20H21N5O5S/c1-3-30-19(29)16-17(31-23-22-16)21-14(26)9-11-24-18(28)12-6-4-5-7-13(12)25-15(27)8-10-20(24,25)2/h4-7H,3,8-11H2,1-2H3,(H,21,26). The van der Waals surface area contributed by atoms with E-state index >= 15 is 0 Å². The van der Waals surface area contributed by atoms with Crippen molar-refractivity contribution in [3.63, 3.8) is 0 Å². The SMILES string of the molecule is CCOC(=O)c1nnsc1NC(=O)CCN1C(=O)c2ccccc2N2C(=O)CCC12C. The number of hydrogen-bond donors (Lipinski definition) is 1. The van der Waals surface area contributed by atoms with Gasteiger partial charge in [-0.1, -0.05) is 16.6 Å². The Labute approximate surface area is 182 Å². The van der Waals surface area contributed by atoms with Gasteiger partial charge in [0.25, 0.3) is 5.91 Å². The maximum Gasteiger partial charge on any atom is 0.362 e. The molecular formula is C20H21N5O5S. The molecule has 31 heavy (non-hydrogen) atoms. The molecule has 2 aliphatic heterocycles. The molecule has 162 valence electrons. The Morgan fingerprint density at radius 2 is 2.06 bits per heavy atom. The summed E-state index contributed by atoms with van der Waals surface area (Å²) in [6.07, 6.45) is 0.793. The van der Waals surface area contributed by atoms with Gasteiger partial charge in [0.1, 0.15) is 5.66 Å². The van der Waals surface area contributed by atoms with Gasteiger partial charge in [-0.05, 0) is 32.4 Å². The topological polar surface area (TPSA) is 122 Å². The Kier molecular flexibility index (Phi) is 5.44. The molecule has 1 fully saturated rings. The first kappa shape index (κ1) is 20.9. The van der Waals surface area contributed by atoms with Crippen LogP contribution in [-0.2, 0) is 14.3 Å². The minimum absolute atomic E-state index is 0.0221. The van der Waals surface area contributed by atoms with Gasteiger partial charge in [-0.15, -0.1) is 5.10 Å². The second kappa shape index (κ2) is 8.06. The Bertz CT molecular complexity index is 1070. The van der Waals surface area contributed by atoms with Crippen LogP contribution in [0.5, 0.6) is 0 Å². The number of carbonyl (C=O) groups is 4. The summed E-state index contributed by atoms with van der Waals surface area (Å²) in [5.74, 6) is -1.33. The second-order valence-corrected chi connectivity index (χ2v) is 8.14. The highest BCUT2D eigenvalue weighted by atomic mass is 32.1. The average Bonchev–Trinajstić information content (AvgIpc) is 3.32. The fourth-order valence-corrected chi connectivity index (χ4v) is 4.62. The first-order valence-corrected chi connectivity index (χ1v) is 10.7. The summed E-state index contributed by atoms with van der Waals surface area (Å²) in [6, 6.07) is 7.00. The quantitative estimate of drug-likeness (QED) is 0.678. The number of hydrogen-bond acceptors (Lipinski definition) is 8. The monoisotopic (exact) mass is 443 g/mol. The summed E-state index contributed by atoms with van der Waals surface area (Å²) in [5, 5.41) is 6.52. The fourth-order valence-electron chi connectivity index (χ4n) is 4.05. The predicted molar refractivity (Wildman–Crippen MR) is 112 cm³/mol. The maximum atomic E-state index is 13.2. The van der Waals surface area contributed by atoms with Gasteiger partial charge in [0, 0.05) is 30.9 Å². The number of ether oxygens (including phenoxy) is 1. The van der Waals surface area contributed by atoms with Crippen LogP contribution in [0.2, 0.25) is 0 Å². The number of nitrogens with zero attached hydrogens (tertiary/aromatic N) is 4. The van der Waals surface area contributed by atoms with Crippen LogP contribution in [0.1, 0.15) is 54.0 Å². The normalized spacial score (nSPS) is 19.8. The summed E-state index contributed by atoms with van der Waals surface area (Å²) >= 11 is 0.872. The summed E-state index contributed by atoms with van der Waals surface area (Å²) in [4.78, 5) is 53.5. The molecule has 2 aromatic rings. The highest BCUT2D eigenvalue weighted by Crippen LogP contribution is 2.43. The number of nitrogens with one attached hydrogen (secondary N) is 1. The van der Waals surface area contributed by atoms with E-state index in [0.29, 0.717) is 24.1 Å². The molecule has 10 nitrogen and oxygen atoms in total. The van der Waals surface area contributed by atoms with Crippen LogP contribution < -0.4 is 10.2 Å². The van der Waals surface area contributed by atoms with Crippen LogP contribution in [-0.4, -0.2) is 57.0 Å². The second-order valence-electron chi connectivity index (χ2n) is 7.39. The molecule has 3 heterocycles. The zero-order valence-electron chi connectivity index (χ0n) is 17.1. The van der Waals surface area contributed by atoms with Crippen LogP contribution >= 0.6 is 11.5 Å². The first-order chi connectivity index (χ1) is 14.9. The number of para-hydroxylation sites is 1. The lowest BCUT2D eigenvalue weighted by atomic mass is 9.98. The van der Waals surface area contributed by atoms with E-state index in [1.165, 1.54) is 0 Å². The van der Waals surface area contributed by atoms with Crippen molar-refractivity contribution in [3.05, 3.63) is 35.5 Å². The van der Waals surface area contributed by atoms with Gasteiger partial charge in [0.15, 0.2) is 5.00 Å². The number of esters is 1. The number of benzene rings is 1. The fraction of sp³-hybridized carbons (Fsp3) is 0.400. The number of aromatic nitrogens is 2. The molecule has 1 atom stereocenters. The first-order valence-electron chi connectivity index (χ1n) is 9.90. The molecule has 3 amide bonds. The van der Waals surface area contributed by atoms with Crippen LogP contribution in [0.3, 0.4) is 0 Å². The van der Waals surface area contributed by atoms with E-state index in [0.717, 1.165) is 11.5 Å². The van der Waals surface area contributed by atoms with E-state index in [4.69, 9.17) is 4.74 Å². The minimum Gasteiger partial charge on any atom is -0.461 e. The van der Waals surface area contributed by atoms with E-state index in [-0.39, 0.29) is 42.1 Å². The third-order valence-electron chi connectivity index (χ3n) is 5.52. The summed E-state index contributed by atoms with van der Waals surface area (Å²) in [5.41, 5.74) is 0.160. The van der Waals surface area contributed by atoms with E-state index in [1.54, 1.807) is 41.0 Å². The van der Waals surface area contributed by atoms with Crippen LogP contribution in [0.25, 0.3) is 0 Å². The van der Waals surface area contributed by atoms with Gasteiger partial charge in [-0.25, -0.2) is 4.79 Å². The Hall–Kier alpha value is -3.34. The van der Waals surface area contributed by atoms with Crippen LogP contribution in [0.4, 0.5) is 10.7 Å². The van der Waals surface area contributed by atoms with E-state index in [1.807, 2.05) is 6.92 Å². The van der Waals surface area contributed by atoms with Gasteiger partial charge in [-0.3, -0.25) is 19.3 Å². The van der Waals surface area contributed by atoms with Gasteiger partial charge >= 0.3 is 5.97 Å². The minimum atomic E-state index is -0.828. The predicted octanol–water partition coefficient (Wildman–Crippen LogP) is 2.04. The molecule has 1 N–H and O–H groups in total. The van der Waals surface area contributed by atoms with Crippen molar-refractivity contribution >= 4 is 45.9 Å². The van der Waals surface area contributed by atoms with Gasteiger partial charge in [-0.2, -0.15) is 0 Å². The smallest absolute Gasteiger partial charge is 0.362 e. The Balaban J connectivity index is 1.50. The lowest BCUT2D eigenvalue weighted by Crippen LogP contribution is -2.62. The molecule has 0 aliphatic carbocycles. The van der Waals surface area contributed by atoms with Gasteiger partial charge in [0.2, 0.25) is 17.5 Å². The average molecular weight is 443 g/mol. The third kappa shape index (κ3) is 3.54. The Morgan fingerprint density at radius 3 is 2.84 bits per heavy atom. The number of fused-ring (bicyclic) bond motifs is 3. The van der Waals surface area contributed by atoms with Crippen molar-refractivity contribution in [3.8, 4) is 0 Å². The molecule has 1 aromatic heterocycles. The lowest BCUT2D eigenvalue weighted by Gasteiger charge is -2.48. The van der Waals surface area contributed by atoms with E-state index in [2.05, 4.69) is 14.9 Å². The molecule has 0 radical (unpaired) electrons. The molecule has 1 aromatic carbocycles.